The highest BCUT2D eigenvalue weighted by Crippen LogP contribution is 2.15. The minimum Gasteiger partial charge on any atom is -0.383 e. The smallest absolute Gasteiger partial charge is 0.319 e. The van der Waals surface area contributed by atoms with Gasteiger partial charge in [-0.1, -0.05) is 24.3 Å². The van der Waals surface area contributed by atoms with Gasteiger partial charge in [-0.05, 0) is 43.2 Å². The first-order chi connectivity index (χ1) is 13.5. The van der Waals surface area contributed by atoms with Crippen LogP contribution in [0, 0.1) is 13.8 Å². The van der Waals surface area contributed by atoms with Crippen molar-refractivity contribution in [3.63, 3.8) is 0 Å². The number of fused-ring (bicyclic) bond motifs is 1. The molecule has 1 aromatic heterocycles. The van der Waals surface area contributed by atoms with E-state index < -0.39 is 0 Å². The van der Waals surface area contributed by atoms with Gasteiger partial charge in [-0.25, -0.2) is 9.48 Å². The van der Waals surface area contributed by atoms with Crippen LogP contribution in [0.1, 0.15) is 16.8 Å². The topological polar surface area (TPSA) is 85.2 Å². The number of urea groups is 1. The zero-order valence-corrected chi connectivity index (χ0v) is 16.3. The summed E-state index contributed by atoms with van der Waals surface area (Å²) in [6.07, 6.45) is 0. The lowest BCUT2D eigenvalue weighted by Crippen LogP contribution is -2.31. The van der Waals surface area contributed by atoms with Gasteiger partial charge >= 0.3 is 6.03 Å². The van der Waals surface area contributed by atoms with E-state index in [1.54, 1.807) is 13.2 Å². The summed E-state index contributed by atoms with van der Waals surface area (Å²) in [5.41, 5.74) is 3.34. The van der Waals surface area contributed by atoms with Crippen LogP contribution < -0.4 is 16.2 Å². The van der Waals surface area contributed by atoms with E-state index in [2.05, 4.69) is 15.7 Å². The minimum atomic E-state index is -0.328. The Labute approximate surface area is 163 Å². The fraction of sp³-hybridized carbons (Fsp3) is 0.286. The third-order valence-corrected chi connectivity index (χ3v) is 4.35. The maximum absolute atomic E-state index is 12.6. The summed E-state index contributed by atoms with van der Waals surface area (Å²) in [6, 6.07) is 12.8. The molecule has 0 fully saturated rings. The van der Waals surface area contributed by atoms with Gasteiger partial charge in [0.2, 0.25) is 0 Å². The Hall–Kier alpha value is -3.19. The van der Waals surface area contributed by atoms with Gasteiger partial charge in [-0.15, -0.1) is 0 Å². The van der Waals surface area contributed by atoms with Crippen LogP contribution >= 0.6 is 0 Å². The van der Waals surface area contributed by atoms with Gasteiger partial charge in [0.15, 0.2) is 0 Å². The largest absolute Gasteiger partial charge is 0.383 e. The Kier molecular flexibility index (Phi) is 6.06. The number of carbonyl (C=O) groups is 1. The molecule has 0 aliphatic rings. The first kappa shape index (κ1) is 19.6. The number of nitrogens with zero attached hydrogens (tertiary/aromatic N) is 2. The van der Waals surface area contributed by atoms with Gasteiger partial charge in [0, 0.05) is 18.2 Å². The molecular formula is C21H24N4O3. The van der Waals surface area contributed by atoms with Crippen molar-refractivity contribution in [2.75, 3.05) is 19.0 Å². The average molecular weight is 380 g/mol. The highest BCUT2D eigenvalue weighted by atomic mass is 16.5. The van der Waals surface area contributed by atoms with Crippen LogP contribution in [0.25, 0.3) is 10.8 Å². The van der Waals surface area contributed by atoms with Gasteiger partial charge in [0.1, 0.15) is 0 Å². The summed E-state index contributed by atoms with van der Waals surface area (Å²) >= 11 is 0. The van der Waals surface area contributed by atoms with Crippen LogP contribution in [-0.4, -0.2) is 29.5 Å². The Morgan fingerprint density at radius 2 is 1.79 bits per heavy atom. The second-order valence-corrected chi connectivity index (χ2v) is 6.70. The Morgan fingerprint density at radius 3 is 2.46 bits per heavy atom. The number of hydrogen-bond acceptors (Lipinski definition) is 4. The van der Waals surface area contributed by atoms with E-state index in [9.17, 15) is 9.59 Å². The fourth-order valence-electron chi connectivity index (χ4n) is 3.15. The van der Waals surface area contributed by atoms with Crippen molar-refractivity contribution in [3.05, 3.63) is 69.6 Å². The molecule has 2 amide bonds. The Bertz CT molecular complexity index is 1040. The zero-order chi connectivity index (χ0) is 20.1. The molecule has 7 nitrogen and oxygen atoms in total. The first-order valence-corrected chi connectivity index (χ1v) is 9.09. The van der Waals surface area contributed by atoms with Crippen molar-refractivity contribution in [2.45, 2.75) is 26.9 Å². The molecule has 0 bridgehead atoms. The predicted octanol–water partition coefficient (Wildman–Crippen LogP) is 2.98. The summed E-state index contributed by atoms with van der Waals surface area (Å²) in [5, 5.41) is 11.4. The molecule has 28 heavy (non-hydrogen) atoms. The first-order valence-electron chi connectivity index (χ1n) is 9.09. The second kappa shape index (κ2) is 8.67. The number of carbonyl (C=O) groups excluding carboxylic acids is 1. The molecule has 2 N–H and O–H groups in total. The zero-order valence-electron chi connectivity index (χ0n) is 16.3. The number of methoxy groups -OCH3 is 1. The van der Waals surface area contributed by atoms with E-state index in [1.165, 1.54) is 4.68 Å². The van der Waals surface area contributed by atoms with Crippen LogP contribution in [0.5, 0.6) is 0 Å². The number of benzene rings is 2. The fourth-order valence-corrected chi connectivity index (χ4v) is 3.15. The van der Waals surface area contributed by atoms with Crippen LogP contribution in [0.15, 0.2) is 47.3 Å². The lowest BCUT2D eigenvalue weighted by molar-refractivity contribution is 0.181. The van der Waals surface area contributed by atoms with Crippen molar-refractivity contribution in [1.82, 2.24) is 15.1 Å². The summed E-state index contributed by atoms with van der Waals surface area (Å²) in [4.78, 5) is 24.9. The summed E-state index contributed by atoms with van der Waals surface area (Å²) in [6.45, 7) is 4.89. The van der Waals surface area contributed by atoms with Crippen molar-refractivity contribution >= 4 is 22.5 Å². The number of ether oxygens (including phenoxy) is 1. The number of aryl methyl sites for hydroxylation is 2. The maximum Gasteiger partial charge on any atom is 0.319 e. The number of aromatic nitrogens is 2. The second-order valence-electron chi connectivity index (χ2n) is 6.70. The summed E-state index contributed by atoms with van der Waals surface area (Å²) in [7, 11) is 1.58. The third-order valence-electron chi connectivity index (χ3n) is 4.35. The molecule has 0 atom stereocenters. The van der Waals surface area contributed by atoms with Crippen molar-refractivity contribution in [2.24, 2.45) is 0 Å². The van der Waals surface area contributed by atoms with E-state index in [-0.39, 0.29) is 18.1 Å². The molecule has 146 valence electrons. The van der Waals surface area contributed by atoms with E-state index in [0.29, 0.717) is 24.2 Å². The molecule has 3 rings (SSSR count). The van der Waals surface area contributed by atoms with Gasteiger partial charge in [0.05, 0.1) is 30.8 Å². The van der Waals surface area contributed by atoms with Crippen molar-refractivity contribution in [1.29, 1.82) is 0 Å². The number of nitrogens with one attached hydrogen (secondary N) is 2. The van der Waals surface area contributed by atoms with Crippen LogP contribution in [0.4, 0.5) is 10.5 Å². The summed E-state index contributed by atoms with van der Waals surface area (Å²) < 4.78 is 6.44. The molecule has 0 saturated heterocycles. The van der Waals surface area contributed by atoms with Crippen molar-refractivity contribution in [3.8, 4) is 0 Å². The minimum absolute atomic E-state index is 0.170. The summed E-state index contributed by atoms with van der Waals surface area (Å²) in [5.74, 6) is 0. The molecule has 7 heteroatoms. The lowest BCUT2D eigenvalue weighted by atomic mass is 10.1. The normalized spacial score (nSPS) is 10.8. The molecule has 0 aliphatic heterocycles. The third kappa shape index (κ3) is 4.55. The number of amides is 2. The molecular weight excluding hydrogens is 356 g/mol. The van der Waals surface area contributed by atoms with E-state index in [0.717, 1.165) is 22.2 Å². The molecule has 0 aliphatic carbocycles. The SMILES string of the molecule is COCCn1nc(CNC(=O)Nc2cc(C)cc(C)c2)c2ccccc2c1=O. The highest BCUT2D eigenvalue weighted by molar-refractivity contribution is 5.90. The Balaban J connectivity index is 1.80. The molecule has 3 aromatic rings. The van der Waals surface area contributed by atoms with E-state index in [4.69, 9.17) is 4.74 Å². The predicted molar refractivity (Wildman–Crippen MR) is 110 cm³/mol. The molecule has 1 heterocycles. The van der Waals surface area contributed by atoms with Crippen molar-refractivity contribution < 1.29 is 9.53 Å². The molecule has 2 aromatic carbocycles. The molecule has 0 radical (unpaired) electrons. The lowest BCUT2D eigenvalue weighted by Gasteiger charge is -2.12. The number of hydrogen-bond donors (Lipinski definition) is 2. The van der Waals surface area contributed by atoms with E-state index in [1.807, 2.05) is 50.2 Å². The highest BCUT2D eigenvalue weighted by Gasteiger charge is 2.11. The van der Waals surface area contributed by atoms with E-state index >= 15 is 0 Å². The molecule has 0 unspecified atom stereocenters. The average Bonchev–Trinajstić information content (AvgIpc) is 2.66. The van der Waals surface area contributed by atoms with Crippen LogP contribution in [0.3, 0.4) is 0 Å². The standard InChI is InChI=1S/C21H24N4O3/c1-14-10-15(2)12-16(11-14)23-21(27)22-13-19-17-6-4-5-7-18(17)20(26)25(24-19)8-9-28-3/h4-7,10-12H,8-9,13H2,1-3H3,(H2,22,23,27). The van der Waals surface area contributed by atoms with Gasteiger partial charge in [0.25, 0.3) is 5.56 Å². The number of anilines is 1. The van der Waals surface area contributed by atoms with Gasteiger partial charge < -0.3 is 15.4 Å². The molecule has 0 spiro atoms. The van der Waals surface area contributed by atoms with Crippen LogP contribution in [-0.2, 0) is 17.8 Å². The monoisotopic (exact) mass is 380 g/mol. The quantitative estimate of drug-likeness (QED) is 0.688. The Morgan fingerprint density at radius 1 is 1.11 bits per heavy atom. The maximum atomic E-state index is 12.6. The van der Waals surface area contributed by atoms with Gasteiger partial charge in [-0.3, -0.25) is 4.79 Å². The van der Waals surface area contributed by atoms with Crippen LogP contribution in [0.2, 0.25) is 0 Å². The molecule has 0 saturated carbocycles. The van der Waals surface area contributed by atoms with Gasteiger partial charge in [-0.2, -0.15) is 5.10 Å². The number of rotatable bonds is 6.